The first kappa shape index (κ1) is 9.84. The van der Waals surface area contributed by atoms with Crippen LogP contribution in [0.15, 0.2) is 30.4 Å². The van der Waals surface area contributed by atoms with Crippen LogP contribution in [0.3, 0.4) is 0 Å². The van der Waals surface area contributed by atoms with Gasteiger partial charge in [0.05, 0.1) is 10.7 Å². The van der Waals surface area contributed by atoms with Gasteiger partial charge < -0.3 is 10.7 Å². The topological polar surface area (TPSA) is 67.6 Å². The largest absolute Gasteiger partial charge is 0.384 e. The molecule has 2 aromatic rings. The Morgan fingerprint density at radius 3 is 3.06 bits per heavy atom. The van der Waals surface area contributed by atoms with E-state index in [2.05, 4.69) is 27.1 Å². The van der Waals surface area contributed by atoms with E-state index in [4.69, 9.17) is 5.73 Å². The van der Waals surface area contributed by atoms with Gasteiger partial charge in [-0.1, -0.05) is 24.3 Å². The highest BCUT2D eigenvalue weighted by molar-refractivity contribution is 5.54. The minimum atomic E-state index is 0.502. The van der Waals surface area contributed by atoms with Crippen LogP contribution in [0.25, 0.3) is 23.7 Å². The monoisotopic (exact) mass is 224 g/mol. The van der Waals surface area contributed by atoms with Gasteiger partial charge in [-0.25, -0.2) is 9.97 Å². The van der Waals surface area contributed by atoms with Crippen LogP contribution in [-0.2, 0) is 0 Å². The molecule has 0 aliphatic heterocycles. The number of fused-ring (bicyclic) bond motifs is 1. The minimum absolute atomic E-state index is 0.502. The second-order valence-corrected chi connectivity index (χ2v) is 3.87. The fraction of sp³-hybridized carbons (Fsp3) is 0.0769. The maximum atomic E-state index is 5.66. The van der Waals surface area contributed by atoms with Crippen molar-refractivity contribution in [1.29, 1.82) is 0 Å². The zero-order valence-corrected chi connectivity index (χ0v) is 9.22. The van der Waals surface area contributed by atoms with Crippen molar-refractivity contribution in [3.63, 3.8) is 0 Å². The quantitative estimate of drug-likeness (QED) is 0.744. The molecular weight excluding hydrogens is 212 g/mol. The number of nitrogen functional groups attached to an aromatic ring is 1. The minimum Gasteiger partial charge on any atom is -0.384 e. The molecule has 1 aliphatic rings. The van der Waals surface area contributed by atoms with Crippen LogP contribution in [0.4, 0.5) is 5.82 Å². The summed E-state index contributed by atoms with van der Waals surface area (Å²) in [6, 6.07) is 5.53. The summed E-state index contributed by atoms with van der Waals surface area (Å²) in [6.07, 6.45) is 9.12. The number of nitrogens with one attached hydrogen (secondary N) is 1. The molecule has 17 heavy (non-hydrogen) atoms. The first-order chi connectivity index (χ1) is 8.33. The Hall–Kier alpha value is -2.36. The van der Waals surface area contributed by atoms with Gasteiger partial charge >= 0.3 is 0 Å². The van der Waals surface area contributed by atoms with Gasteiger partial charge in [-0.05, 0) is 24.6 Å². The van der Waals surface area contributed by atoms with Crippen molar-refractivity contribution in [2.45, 2.75) is 6.42 Å². The molecule has 0 saturated heterocycles. The van der Waals surface area contributed by atoms with E-state index >= 15 is 0 Å². The van der Waals surface area contributed by atoms with Crippen molar-refractivity contribution in [1.82, 2.24) is 15.0 Å². The third-order valence-electron chi connectivity index (χ3n) is 2.62. The lowest BCUT2D eigenvalue weighted by Gasteiger charge is -1.96. The first-order valence-electron chi connectivity index (χ1n) is 5.49. The molecule has 2 heterocycles. The lowest BCUT2D eigenvalue weighted by atomic mass is 10.3. The molecule has 0 amide bonds. The molecule has 0 saturated carbocycles. The van der Waals surface area contributed by atoms with E-state index in [9.17, 15) is 0 Å². The Morgan fingerprint density at radius 1 is 1.24 bits per heavy atom. The predicted molar refractivity (Wildman–Crippen MR) is 68.2 cm³/mol. The van der Waals surface area contributed by atoms with E-state index in [0.717, 1.165) is 28.6 Å². The number of rotatable bonds is 1. The number of nitrogens with two attached hydrogens (primary N) is 1. The number of nitrogens with zero attached hydrogens (tertiary/aromatic N) is 2. The fourth-order valence-corrected chi connectivity index (χ4v) is 1.81. The Balaban J connectivity index is 2.18. The van der Waals surface area contributed by atoms with Crippen molar-refractivity contribution in [2.75, 3.05) is 5.73 Å². The molecule has 4 heteroatoms. The van der Waals surface area contributed by atoms with Crippen LogP contribution < -0.4 is 16.4 Å². The third kappa shape index (κ3) is 1.85. The average molecular weight is 224 g/mol. The standard InChI is InChI=1S/C13H12N4/c14-12-8-4-7-11(15-12)13-16-9-5-2-1-3-6-10(9)17-13/h1-2,4-8H,3H2,(H2,14,15)(H,16,17). The van der Waals surface area contributed by atoms with Gasteiger partial charge in [-0.15, -0.1) is 0 Å². The maximum Gasteiger partial charge on any atom is 0.157 e. The Labute approximate surface area is 98.2 Å². The summed E-state index contributed by atoms with van der Waals surface area (Å²) in [7, 11) is 0. The summed E-state index contributed by atoms with van der Waals surface area (Å²) in [4.78, 5) is 12.0. The zero-order chi connectivity index (χ0) is 11.7. The SMILES string of the molecule is Nc1cccc(-c2nc3c([nH]2)=CC=CCC=3)n1. The highest BCUT2D eigenvalue weighted by atomic mass is 15.0. The molecule has 0 radical (unpaired) electrons. The Morgan fingerprint density at radius 2 is 2.18 bits per heavy atom. The number of aromatic amines is 1. The van der Waals surface area contributed by atoms with Crippen molar-refractivity contribution < 1.29 is 0 Å². The zero-order valence-electron chi connectivity index (χ0n) is 9.22. The van der Waals surface area contributed by atoms with Crippen LogP contribution in [0.2, 0.25) is 0 Å². The van der Waals surface area contributed by atoms with Crippen molar-refractivity contribution >= 4 is 18.0 Å². The molecule has 3 N–H and O–H groups in total. The molecule has 0 unspecified atom stereocenters. The molecule has 0 bridgehead atoms. The highest BCUT2D eigenvalue weighted by Crippen LogP contribution is 2.10. The van der Waals surface area contributed by atoms with Gasteiger partial charge in [0.15, 0.2) is 5.82 Å². The lowest BCUT2D eigenvalue weighted by molar-refractivity contribution is 1.21. The van der Waals surface area contributed by atoms with E-state index < -0.39 is 0 Å². The van der Waals surface area contributed by atoms with Crippen LogP contribution in [-0.4, -0.2) is 15.0 Å². The molecule has 0 aromatic carbocycles. The normalized spacial score (nSPS) is 13.4. The van der Waals surface area contributed by atoms with Crippen molar-refractivity contribution in [2.24, 2.45) is 0 Å². The van der Waals surface area contributed by atoms with E-state index in [-0.39, 0.29) is 0 Å². The fourth-order valence-electron chi connectivity index (χ4n) is 1.81. The van der Waals surface area contributed by atoms with Crippen molar-refractivity contribution in [3.05, 3.63) is 41.0 Å². The smallest absolute Gasteiger partial charge is 0.157 e. The predicted octanol–water partition coefficient (Wildman–Crippen LogP) is 0.575. The van der Waals surface area contributed by atoms with E-state index in [1.165, 1.54) is 0 Å². The number of aromatic nitrogens is 3. The number of allylic oxidation sites excluding steroid dienone is 2. The number of hydrogen-bond donors (Lipinski definition) is 2. The molecule has 1 aliphatic carbocycles. The third-order valence-corrected chi connectivity index (χ3v) is 2.62. The summed E-state index contributed by atoms with van der Waals surface area (Å²) in [5, 5.41) is 1.98. The van der Waals surface area contributed by atoms with Gasteiger partial charge in [-0.3, -0.25) is 0 Å². The molecule has 4 nitrogen and oxygen atoms in total. The summed E-state index contributed by atoms with van der Waals surface area (Å²) in [5.41, 5.74) is 6.43. The number of hydrogen-bond acceptors (Lipinski definition) is 3. The van der Waals surface area contributed by atoms with Gasteiger partial charge in [0, 0.05) is 0 Å². The molecule has 2 aromatic heterocycles. The van der Waals surface area contributed by atoms with Crippen LogP contribution in [0, 0.1) is 0 Å². The number of anilines is 1. The molecule has 84 valence electrons. The molecule has 0 fully saturated rings. The summed E-state index contributed by atoms with van der Waals surface area (Å²) in [5.74, 6) is 1.26. The average Bonchev–Trinajstić information content (AvgIpc) is 2.61. The van der Waals surface area contributed by atoms with Gasteiger partial charge in [-0.2, -0.15) is 0 Å². The number of imidazole rings is 1. The molecule has 0 spiro atoms. The van der Waals surface area contributed by atoms with E-state index in [0.29, 0.717) is 5.82 Å². The van der Waals surface area contributed by atoms with Crippen LogP contribution in [0.1, 0.15) is 6.42 Å². The maximum absolute atomic E-state index is 5.66. The lowest BCUT2D eigenvalue weighted by Crippen LogP contribution is -2.23. The Kier molecular flexibility index (Phi) is 2.26. The van der Waals surface area contributed by atoms with Crippen LogP contribution >= 0.6 is 0 Å². The second kappa shape index (κ2) is 3.90. The number of H-pyrrole nitrogens is 1. The molecule has 3 rings (SSSR count). The summed E-state index contributed by atoms with van der Waals surface area (Å²) >= 11 is 0. The molecular formula is C13H12N4. The first-order valence-corrected chi connectivity index (χ1v) is 5.49. The van der Waals surface area contributed by atoms with Gasteiger partial charge in [0.1, 0.15) is 11.5 Å². The summed E-state index contributed by atoms with van der Waals surface area (Å²) in [6.45, 7) is 0. The second-order valence-electron chi connectivity index (χ2n) is 3.87. The van der Waals surface area contributed by atoms with Crippen molar-refractivity contribution in [3.8, 4) is 11.5 Å². The van der Waals surface area contributed by atoms with E-state index in [1.807, 2.05) is 24.3 Å². The summed E-state index contributed by atoms with van der Waals surface area (Å²) < 4.78 is 0. The van der Waals surface area contributed by atoms with Gasteiger partial charge in [0.25, 0.3) is 0 Å². The highest BCUT2D eigenvalue weighted by Gasteiger charge is 2.04. The Bertz CT molecular complexity index is 694. The van der Waals surface area contributed by atoms with Crippen LogP contribution in [0.5, 0.6) is 0 Å². The van der Waals surface area contributed by atoms with Gasteiger partial charge in [0.2, 0.25) is 0 Å². The molecule has 0 atom stereocenters. The van der Waals surface area contributed by atoms with E-state index in [1.54, 1.807) is 6.07 Å². The number of pyridine rings is 1.